The Morgan fingerprint density at radius 3 is 2.44 bits per heavy atom. The molecule has 94 valence electrons. The van der Waals surface area contributed by atoms with Crippen molar-refractivity contribution in [2.75, 3.05) is 5.32 Å². The maximum Gasteiger partial charge on any atom is 0.194 e. The minimum absolute atomic E-state index is 0.155. The smallest absolute Gasteiger partial charge is 0.194 e. The Balaban J connectivity index is 2.11. The van der Waals surface area contributed by atoms with Gasteiger partial charge >= 0.3 is 0 Å². The molecule has 0 amide bonds. The highest BCUT2D eigenvalue weighted by Crippen LogP contribution is 2.17. The highest BCUT2D eigenvalue weighted by Gasteiger charge is 2.10. The lowest BCUT2D eigenvalue weighted by molar-refractivity contribution is 0.447. The van der Waals surface area contributed by atoms with Gasteiger partial charge in [0.1, 0.15) is 5.82 Å². The molecule has 6 heteroatoms. The van der Waals surface area contributed by atoms with Crippen LogP contribution >= 0.6 is 0 Å². The molecule has 1 aromatic carbocycles. The fraction of sp³-hybridized carbons (Fsp3) is 0.167. The van der Waals surface area contributed by atoms with Crippen LogP contribution in [-0.4, -0.2) is 9.97 Å². The first-order valence-electron chi connectivity index (χ1n) is 5.23. The maximum atomic E-state index is 12.9. The van der Waals surface area contributed by atoms with Crippen LogP contribution in [-0.2, 0) is 6.54 Å². The van der Waals surface area contributed by atoms with E-state index in [1.165, 1.54) is 0 Å². The van der Waals surface area contributed by atoms with Crippen LogP contribution in [0, 0.1) is 24.4 Å². The SMILES string of the molecule is Cc1nccc(CNc2cc(F)c(F)c(F)c2)n1. The third-order valence-electron chi connectivity index (χ3n) is 2.29. The summed E-state index contributed by atoms with van der Waals surface area (Å²) in [6, 6.07) is 3.47. The fourth-order valence-electron chi connectivity index (χ4n) is 1.45. The van der Waals surface area contributed by atoms with Crippen molar-refractivity contribution in [3.8, 4) is 0 Å². The zero-order valence-electron chi connectivity index (χ0n) is 9.54. The molecule has 1 N–H and O–H groups in total. The molecular formula is C12H10F3N3. The molecule has 0 spiro atoms. The molecule has 0 unspecified atom stereocenters. The second-order valence-electron chi connectivity index (χ2n) is 3.70. The van der Waals surface area contributed by atoms with Gasteiger partial charge in [-0.1, -0.05) is 0 Å². The maximum absolute atomic E-state index is 12.9. The van der Waals surface area contributed by atoms with Gasteiger partial charge in [-0.2, -0.15) is 0 Å². The summed E-state index contributed by atoms with van der Waals surface area (Å²) in [6.45, 7) is 2.01. The average molecular weight is 253 g/mol. The van der Waals surface area contributed by atoms with E-state index >= 15 is 0 Å². The van der Waals surface area contributed by atoms with E-state index in [0.717, 1.165) is 12.1 Å². The second-order valence-corrected chi connectivity index (χ2v) is 3.70. The number of hydrogen-bond donors (Lipinski definition) is 1. The van der Waals surface area contributed by atoms with Crippen LogP contribution in [0.15, 0.2) is 24.4 Å². The van der Waals surface area contributed by atoms with Crippen molar-refractivity contribution < 1.29 is 13.2 Å². The summed E-state index contributed by atoms with van der Waals surface area (Å²) >= 11 is 0. The third kappa shape index (κ3) is 2.77. The third-order valence-corrected chi connectivity index (χ3v) is 2.29. The average Bonchev–Trinajstić information content (AvgIpc) is 2.33. The van der Waals surface area contributed by atoms with Crippen LogP contribution in [0.3, 0.4) is 0 Å². The van der Waals surface area contributed by atoms with Crippen molar-refractivity contribution >= 4 is 5.69 Å². The summed E-state index contributed by atoms with van der Waals surface area (Å²) in [4.78, 5) is 8.04. The Bertz CT molecular complexity index is 549. The number of aromatic nitrogens is 2. The monoisotopic (exact) mass is 253 g/mol. The molecule has 0 saturated carbocycles. The topological polar surface area (TPSA) is 37.8 Å². The van der Waals surface area contributed by atoms with E-state index in [4.69, 9.17) is 0 Å². The van der Waals surface area contributed by atoms with Crippen LogP contribution in [0.4, 0.5) is 18.9 Å². The number of aryl methyl sites for hydroxylation is 1. The molecule has 0 bridgehead atoms. The highest BCUT2D eigenvalue weighted by atomic mass is 19.2. The Morgan fingerprint density at radius 2 is 1.83 bits per heavy atom. The second kappa shape index (κ2) is 5.03. The number of rotatable bonds is 3. The lowest BCUT2D eigenvalue weighted by Gasteiger charge is -2.07. The first kappa shape index (κ1) is 12.3. The van der Waals surface area contributed by atoms with Gasteiger partial charge in [-0.15, -0.1) is 0 Å². The summed E-state index contributed by atoms with van der Waals surface area (Å²) < 4.78 is 38.6. The normalized spacial score (nSPS) is 10.4. The lowest BCUT2D eigenvalue weighted by atomic mass is 10.2. The molecule has 3 nitrogen and oxygen atoms in total. The molecule has 0 saturated heterocycles. The van der Waals surface area contributed by atoms with E-state index in [0.29, 0.717) is 11.5 Å². The standard InChI is InChI=1S/C12H10F3N3/c1-7-16-3-2-8(18-7)6-17-9-4-10(13)12(15)11(14)5-9/h2-5,17H,6H2,1H3. The highest BCUT2D eigenvalue weighted by molar-refractivity contribution is 5.44. The molecule has 1 heterocycles. The summed E-state index contributed by atoms with van der Waals surface area (Å²) in [5.41, 5.74) is 0.829. The Labute approximate surface area is 102 Å². The zero-order chi connectivity index (χ0) is 13.1. The Morgan fingerprint density at radius 1 is 1.17 bits per heavy atom. The number of nitrogens with zero attached hydrogens (tertiary/aromatic N) is 2. The van der Waals surface area contributed by atoms with E-state index in [2.05, 4.69) is 15.3 Å². The molecule has 0 fully saturated rings. The molecule has 1 aromatic heterocycles. The van der Waals surface area contributed by atoms with Crippen molar-refractivity contribution in [1.29, 1.82) is 0 Å². The molecule has 2 rings (SSSR count). The van der Waals surface area contributed by atoms with Crippen LogP contribution in [0.25, 0.3) is 0 Å². The van der Waals surface area contributed by atoms with Crippen molar-refractivity contribution in [1.82, 2.24) is 9.97 Å². The van der Waals surface area contributed by atoms with E-state index in [9.17, 15) is 13.2 Å². The molecule has 0 radical (unpaired) electrons. The number of halogens is 3. The van der Waals surface area contributed by atoms with Crippen molar-refractivity contribution in [3.63, 3.8) is 0 Å². The van der Waals surface area contributed by atoms with Gasteiger partial charge < -0.3 is 5.32 Å². The van der Waals surface area contributed by atoms with Gasteiger partial charge in [0.15, 0.2) is 17.5 Å². The number of nitrogens with one attached hydrogen (secondary N) is 1. The Hall–Kier alpha value is -2.11. The Kier molecular flexibility index (Phi) is 3.45. The van der Waals surface area contributed by atoms with Gasteiger partial charge in [0.2, 0.25) is 0 Å². The molecular weight excluding hydrogens is 243 g/mol. The van der Waals surface area contributed by atoms with Gasteiger partial charge in [-0.25, -0.2) is 23.1 Å². The lowest BCUT2D eigenvalue weighted by Crippen LogP contribution is -2.04. The van der Waals surface area contributed by atoms with Crippen LogP contribution in [0.5, 0.6) is 0 Å². The quantitative estimate of drug-likeness (QED) is 0.855. The summed E-state index contributed by atoms with van der Waals surface area (Å²) in [5.74, 6) is -3.32. The molecule has 0 atom stereocenters. The largest absolute Gasteiger partial charge is 0.379 e. The molecule has 0 aliphatic carbocycles. The van der Waals surface area contributed by atoms with Crippen LogP contribution < -0.4 is 5.32 Å². The number of hydrogen-bond acceptors (Lipinski definition) is 3. The molecule has 0 aliphatic heterocycles. The van der Waals surface area contributed by atoms with Crippen LogP contribution in [0.2, 0.25) is 0 Å². The summed E-state index contributed by atoms with van der Waals surface area (Å²) in [7, 11) is 0. The number of anilines is 1. The molecule has 2 aromatic rings. The first-order chi connectivity index (χ1) is 8.56. The van der Waals surface area contributed by atoms with Gasteiger partial charge in [0.25, 0.3) is 0 Å². The van der Waals surface area contributed by atoms with Crippen molar-refractivity contribution in [2.24, 2.45) is 0 Å². The predicted octanol–water partition coefficient (Wildman–Crippen LogP) is 2.81. The van der Waals surface area contributed by atoms with Gasteiger partial charge in [-0.05, 0) is 13.0 Å². The van der Waals surface area contributed by atoms with E-state index in [-0.39, 0.29) is 12.2 Å². The minimum atomic E-state index is -1.47. The van der Waals surface area contributed by atoms with Gasteiger partial charge in [0.05, 0.1) is 12.2 Å². The predicted molar refractivity (Wildman–Crippen MR) is 60.4 cm³/mol. The summed E-state index contributed by atoms with van der Waals surface area (Å²) in [6.07, 6.45) is 1.59. The zero-order valence-corrected chi connectivity index (χ0v) is 9.54. The van der Waals surface area contributed by atoms with E-state index < -0.39 is 17.5 Å². The van der Waals surface area contributed by atoms with Crippen LogP contribution in [0.1, 0.15) is 11.5 Å². The van der Waals surface area contributed by atoms with Gasteiger partial charge in [-0.3, -0.25) is 0 Å². The van der Waals surface area contributed by atoms with E-state index in [1.54, 1.807) is 19.2 Å². The van der Waals surface area contributed by atoms with E-state index in [1.807, 2.05) is 0 Å². The van der Waals surface area contributed by atoms with Crippen molar-refractivity contribution in [3.05, 3.63) is 53.4 Å². The molecule has 0 aliphatic rings. The minimum Gasteiger partial charge on any atom is -0.379 e. The summed E-state index contributed by atoms with van der Waals surface area (Å²) in [5, 5.41) is 2.76. The fourth-order valence-corrected chi connectivity index (χ4v) is 1.45. The van der Waals surface area contributed by atoms with Crippen molar-refractivity contribution in [2.45, 2.75) is 13.5 Å². The number of benzene rings is 1. The van der Waals surface area contributed by atoms with Gasteiger partial charge in [0, 0.05) is 24.0 Å². The first-order valence-corrected chi connectivity index (χ1v) is 5.23. The molecule has 18 heavy (non-hydrogen) atoms.